The van der Waals surface area contributed by atoms with E-state index in [1.807, 2.05) is 30.3 Å². The molecule has 15 nitrogen and oxygen atoms in total. The average Bonchev–Trinajstić information content (AvgIpc) is 4.23. The lowest BCUT2D eigenvalue weighted by molar-refractivity contribution is -0.137. The Morgan fingerprint density at radius 3 is 2.04 bits per heavy atom. The first-order valence-electron chi connectivity index (χ1n) is 22.7. The van der Waals surface area contributed by atoms with Crippen LogP contribution in [0.5, 0.6) is 0 Å². The molecule has 0 bridgehead atoms. The van der Waals surface area contributed by atoms with Gasteiger partial charge in [0.1, 0.15) is 23.7 Å². The van der Waals surface area contributed by atoms with Crippen LogP contribution in [-0.2, 0) is 29.7 Å². The van der Waals surface area contributed by atoms with Crippen molar-refractivity contribution in [3.05, 3.63) is 119 Å². The van der Waals surface area contributed by atoms with E-state index in [0.29, 0.717) is 114 Å². The van der Waals surface area contributed by atoms with Crippen molar-refractivity contribution in [2.24, 2.45) is 5.92 Å². The van der Waals surface area contributed by atoms with Crippen LogP contribution >= 0.6 is 0 Å². The van der Waals surface area contributed by atoms with Gasteiger partial charge in [-0.1, -0.05) is 60.7 Å². The predicted molar refractivity (Wildman–Crippen MR) is 243 cm³/mol. The Kier molecular flexibility index (Phi) is 11.7. The number of fused-ring (bicyclic) bond motifs is 4. The molecule has 10 rings (SSSR count). The van der Waals surface area contributed by atoms with Gasteiger partial charge in [-0.05, 0) is 96.5 Å². The SMILES string of the molecule is COC(=O)NC(C(=O)N1CCC[C@H]1c1nc2ccc(-c3ccc4c(c3)C(F)(F)c3cc(-c5cnc([C@@H]6CCCN6C(=O)[C@@H](NC(=O)OC)C6CCOCC6)[nH]5)ccc3-4)cc2[nH]1)c1ccccc1. The number of nitrogens with one attached hydrogen (secondary N) is 4. The molecule has 3 aliphatic heterocycles. The highest BCUT2D eigenvalue weighted by Gasteiger charge is 2.45. The Labute approximate surface area is 384 Å². The summed E-state index contributed by atoms with van der Waals surface area (Å²) in [6.07, 6.45) is 4.28. The summed E-state index contributed by atoms with van der Waals surface area (Å²) in [7, 11) is 2.52. The number of alkyl carbamates (subject to hydrolysis) is 2. The normalized spacial score (nSPS) is 19.7. The number of carbonyl (C=O) groups excluding carboxylic acids is 4. The van der Waals surface area contributed by atoms with E-state index in [0.717, 1.165) is 12.8 Å². The van der Waals surface area contributed by atoms with Crippen molar-refractivity contribution in [2.75, 3.05) is 40.5 Å². The minimum Gasteiger partial charge on any atom is -0.453 e. The molecule has 0 saturated carbocycles. The van der Waals surface area contributed by atoms with Crippen LogP contribution in [0.15, 0.2) is 91.1 Å². The minimum atomic E-state index is -3.30. The average molecular weight is 913 g/mol. The molecular formula is C50H50F2N8O7. The molecule has 4 N–H and O–H groups in total. The smallest absolute Gasteiger partial charge is 0.407 e. The third kappa shape index (κ3) is 8.14. The largest absolute Gasteiger partial charge is 0.453 e. The highest BCUT2D eigenvalue weighted by molar-refractivity contribution is 5.89. The van der Waals surface area contributed by atoms with Gasteiger partial charge in [-0.3, -0.25) is 9.59 Å². The number of alkyl halides is 2. The Morgan fingerprint density at radius 1 is 0.731 bits per heavy atom. The number of nitrogens with zero attached hydrogens (tertiary/aromatic N) is 4. The van der Waals surface area contributed by atoms with Gasteiger partial charge in [0.05, 0.1) is 49.2 Å². The number of aromatic amines is 2. The van der Waals surface area contributed by atoms with Crippen molar-refractivity contribution in [2.45, 2.75) is 68.6 Å². The van der Waals surface area contributed by atoms with E-state index < -0.39 is 30.2 Å². The molecule has 4 amide bonds. The van der Waals surface area contributed by atoms with Crippen LogP contribution in [0.1, 0.15) is 85.0 Å². The van der Waals surface area contributed by atoms with E-state index in [2.05, 4.69) is 25.6 Å². The monoisotopic (exact) mass is 912 g/mol. The third-order valence-electron chi connectivity index (χ3n) is 13.7. The van der Waals surface area contributed by atoms with Crippen molar-refractivity contribution in [3.8, 4) is 33.5 Å². The zero-order chi connectivity index (χ0) is 46.4. The lowest BCUT2D eigenvalue weighted by Crippen LogP contribution is -2.53. The van der Waals surface area contributed by atoms with Gasteiger partial charge in [-0.25, -0.2) is 19.6 Å². The second kappa shape index (κ2) is 17.9. The minimum absolute atomic E-state index is 0.0961. The number of hydrogen-bond donors (Lipinski definition) is 4. The molecule has 1 aliphatic carbocycles. The van der Waals surface area contributed by atoms with E-state index >= 15 is 8.78 Å². The van der Waals surface area contributed by atoms with E-state index in [4.69, 9.17) is 19.2 Å². The fourth-order valence-corrected chi connectivity index (χ4v) is 10.3. The van der Waals surface area contributed by atoms with Crippen molar-refractivity contribution in [1.82, 2.24) is 40.4 Å². The van der Waals surface area contributed by atoms with Gasteiger partial charge in [0, 0.05) is 43.0 Å². The van der Waals surface area contributed by atoms with Gasteiger partial charge in [0.25, 0.3) is 11.8 Å². The van der Waals surface area contributed by atoms with E-state index in [1.165, 1.54) is 20.3 Å². The van der Waals surface area contributed by atoms with Crippen molar-refractivity contribution in [1.29, 1.82) is 0 Å². The van der Waals surface area contributed by atoms with E-state index in [-0.39, 0.29) is 40.9 Å². The molecule has 346 valence electrons. The van der Waals surface area contributed by atoms with Crippen molar-refractivity contribution >= 4 is 35.0 Å². The molecule has 6 aromatic rings. The first kappa shape index (κ1) is 43.7. The van der Waals surface area contributed by atoms with Crippen LogP contribution < -0.4 is 10.6 Å². The van der Waals surface area contributed by atoms with Crippen LogP contribution in [0, 0.1) is 5.92 Å². The molecule has 3 fully saturated rings. The summed E-state index contributed by atoms with van der Waals surface area (Å²) in [5.74, 6) is -2.76. The fraction of sp³-hybridized carbons (Fsp3) is 0.360. The van der Waals surface area contributed by atoms with Crippen molar-refractivity contribution < 1.29 is 42.2 Å². The number of aromatic nitrogens is 4. The summed E-state index contributed by atoms with van der Waals surface area (Å²) < 4.78 is 48.5. The number of imidazole rings is 2. The summed E-state index contributed by atoms with van der Waals surface area (Å²) in [5, 5.41) is 5.45. The van der Waals surface area contributed by atoms with Crippen LogP contribution in [0.4, 0.5) is 18.4 Å². The first-order chi connectivity index (χ1) is 32.5. The van der Waals surface area contributed by atoms with Crippen LogP contribution in [0.3, 0.4) is 0 Å². The molecule has 0 spiro atoms. The Bertz CT molecular complexity index is 2860. The maximum atomic E-state index is 16.6. The van der Waals surface area contributed by atoms with Gasteiger partial charge in [-0.15, -0.1) is 0 Å². The Morgan fingerprint density at radius 2 is 1.34 bits per heavy atom. The topological polar surface area (TPSA) is 184 Å². The van der Waals surface area contributed by atoms with Crippen LogP contribution in [-0.4, -0.2) is 100 Å². The van der Waals surface area contributed by atoms with Crippen LogP contribution in [0.25, 0.3) is 44.5 Å². The molecule has 67 heavy (non-hydrogen) atoms. The molecule has 4 aliphatic rings. The Balaban J connectivity index is 0.869. The second-order valence-electron chi connectivity index (χ2n) is 17.6. The molecule has 3 saturated heterocycles. The number of H-pyrrole nitrogens is 2. The summed E-state index contributed by atoms with van der Waals surface area (Å²) >= 11 is 0. The molecule has 2 aromatic heterocycles. The highest BCUT2D eigenvalue weighted by atomic mass is 19.3. The number of carbonyl (C=O) groups is 4. The quantitative estimate of drug-likeness (QED) is 0.105. The Hall–Kier alpha value is -7.14. The zero-order valence-corrected chi connectivity index (χ0v) is 37.0. The first-order valence-corrected chi connectivity index (χ1v) is 22.7. The molecule has 0 radical (unpaired) electrons. The summed E-state index contributed by atoms with van der Waals surface area (Å²) in [6, 6.07) is 22.3. The second-order valence-corrected chi connectivity index (χ2v) is 17.6. The summed E-state index contributed by atoms with van der Waals surface area (Å²) in [5.41, 5.74) is 5.08. The third-order valence-corrected chi connectivity index (χ3v) is 13.7. The van der Waals surface area contributed by atoms with Gasteiger partial charge >= 0.3 is 12.2 Å². The predicted octanol–water partition coefficient (Wildman–Crippen LogP) is 8.32. The molecule has 4 atom stereocenters. The van der Waals surface area contributed by atoms with E-state index in [1.54, 1.807) is 64.5 Å². The number of likely N-dealkylation sites (tertiary alicyclic amines) is 2. The number of ether oxygens (including phenoxy) is 3. The lowest BCUT2D eigenvalue weighted by atomic mass is 9.90. The lowest BCUT2D eigenvalue weighted by Gasteiger charge is -2.34. The maximum Gasteiger partial charge on any atom is 0.407 e. The number of halogens is 2. The molecule has 1 unspecified atom stereocenters. The number of amides is 4. The molecular weight excluding hydrogens is 863 g/mol. The standard InChI is InChI=1S/C50H50F2N8O7/c1-65-48(63)57-42(28-8-4-3-5-9-28)46(61)60-21-7-11-41(60)45-54-37-17-14-31(26-38(37)55-45)30-12-15-33-34-16-13-32(25-36(34)50(51,52)35(33)24-30)39-27-53-44(56-39)40-10-6-20-59(40)47(62)43(58-49(64)66-2)29-18-22-67-23-19-29/h3-5,8-9,12-17,24-27,29,40-43H,6-7,10-11,18-23H2,1-2H3,(H,53,56)(H,54,55)(H,57,63)(H,58,64)/t40-,41-,42?,43-/m0/s1. The molecule has 17 heteroatoms. The number of benzene rings is 4. The fourth-order valence-electron chi connectivity index (χ4n) is 10.3. The van der Waals surface area contributed by atoms with Crippen LogP contribution in [0.2, 0.25) is 0 Å². The highest BCUT2D eigenvalue weighted by Crippen LogP contribution is 2.53. The number of rotatable bonds is 10. The van der Waals surface area contributed by atoms with Gasteiger partial charge in [0.2, 0.25) is 5.91 Å². The van der Waals surface area contributed by atoms with Gasteiger partial charge in [0.15, 0.2) is 0 Å². The number of hydrogen-bond acceptors (Lipinski definition) is 9. The van der Waals surface area contributed by atoms with E-state index in [9.17, 15) is 19.2 Å². The summed E-state index contributed by atoms with van der Waals surface area (Å²) in [4.78, 5) is 72.5. The zero-order valence-electron chi connectivity index (χ0n) is 37.0. The van der Waals surface area contributed by atoms with Gasteiger partial charge < -0.3 is 44.6 Å². The maximum absolute atomic E-state index is 16.6. The van der Waals surface area contributed by atoms with Gasteiger partial charge in [-0.2, -0.15) is 8.78 Å². The molecule has 4 aromatic carbocycles. The van der Waals surface area contributed by atoms with Crippen molar-refractivity contribution in [3.63, 3.8) is 0 Å². The molecule has 5 heterocycles. The number of methoxy groups -OCH3 is 2. The summed E-state index contributed by atoms with van der Waals surface area (Å²) in [6.45, 7) is 1.97.